The van der Waals surface area contributed by atoms with Crippen LogP contribution in [0, 0.1) is 0 Å². The molecular weight excluding hydrogens is 316 g/mol. The molecule has 4 nitrogen and oxygen atoms in total. The highest BCUT2D eigenvalue weighted by atomic mass is 79.9. The fourth-order valence-corrected chi connectivity index (χ4v) is 4.01. The first-order valence-corrected chi connectivity index (χ1v) is 8.50. The third-order valence-corrected chi connectivity index (χ3v) is 5.04. The molecule has 1 heterocycles. The molecule has 1 aliphatic heterocycles. The number of piperidine rings is 1. The SMILES string of the molecule is O=S(=O)(CC1CCCCN1)Nc1ccccc1Br. The smallest absolute Gasteiger partial charge is 0.234 e. The van der Waals surface area contributed by atoms with Crippen molar-refractivity contribution >= 4 is 31.6 Å². The van der Waals surface area contributed by atoms with Crippen molar-refractivity contribution in [2.75, 3.05) is 17.0 Å². The third-order valence-electron chi connectivity index (χ3n) is 2.97. The normalized spacial score (nSPS) is 20.6. The summed E-state index contributed by atoms with van der Waals surface area (Å²) in [5, 5.41) is 3.24. The third kappa shape index (κ3) is 3.96. The van der Waals surface area contributed by atoms with Crippen LogP contribution >= 0.6 is 15.9 Å². The van der Waals surface area contributed by atoms with Gasteiger partial charge in [0, 0.05) is 10.5 Å². The fourth-order valence-electron chi connectivity index (χ4n) is 2.08. The summed E-state index contributed by atoms with van der Waals surface area (Å²) >= 11 is 3.33. The maximum Gasteiger partial charge on any atom is 0.234 e. The van der Waals surface area contributed by atoms with Gasteiger partial charge in [-0.05, 0) is 47.4 Å². The molecule has 18 heavy (non-hydrogen) atoms. The Morgan fingerprint density at radius 2 is 2.11 bits per heavy atom. The predicted octanol–water partition coefficient (Wildman–Crippen LogP) is 2.33. The summed E-state index contributed by atoms with van der Waals surface area (Å²) in [6.07, 6.45) is 3.16. The molecule has 0 spiro atoms. The van der Waals surface area contributed by atoms with Crippen LogP contribution in [0.5, 0.6) is 0 Å². The van der Waals surface area contributed by atoms with Crippen molar-refractivity contribution in [3.63, 3.8) is 0 Å². The quantitative estimate of drug-likeness (QED) is 0.889. The van der Waals surface area contributed by atoms with E-state index in [1.54, 1.807) is 6.07 Å². The first-order chi connectivity index (χ1) is 8.57. The van der Waals surface area contributed by atoms with Crippen molar-refractivity contribution in [1.82, 2.24) is 5.32 Å². The minimum absolute atomic E-state index is 0.0683. The lowest BCUT2D eigenvalue weighted by Gasteiger charge is -2.23. The Balaban J connectivity index is 2.01. The van der Waals surface area contributed by atoms with Crippen LogP contribution in [-0.2, 0) is 10.0 Å². The molecule has 2 N–H and O–H groups in total. The average Bonchev–Trinajstić information content (AvgIpc) is 2.32. The van der Waals surface area contributed by atoms with E-state index in [0.717, 1.165) is 30.3 Å². The minimum Gasteiger partial charge on any atom is -0.313 e. The number of benzene rings is 1. The van der Waals surface area contributed by atoms with Gasteiger partial charge in [0.1, 0.15) is 0 Å². The van der Waals surface area contributed by atoms with Gasteiger partial charge in [0.2, 0.25) is 10.0 Å². The van der Waals surface area contributed by atoms with E-state index in [0.29, 0.717) is 5.69 Å². The average molecular weight is 333 g/mol. The molecule has 1 fully saturated rings. The van der Waals surface area contributed by atoms with Gasteiger partial charge < -0.3 is 5.32 Å². The number of rotatable bonds is 4. The second kappa shape index (κ2) is 6.04. The van der Waals surface area contributed by atoms with E-state index in [1.807, 2.05) is 18.2 Å². The maximum atomic E-state index is 12.0. The summed E-state index contributed by atoms with van der Waals surface area (Å²) in [4.78, 5) is 0. The van der Waals surface area contributed by atoms with Gasteiger partial charge in [-0.2, -0.15) is 0 Å². The molecule has 1 atom stereocenters. The number of hydrogen-bond donors (Lipinski definition) is 2. The summed E-state index contributed by atoms with van der Waals surface area (Å²) < 4.78 is 27.5. The van der Waals surface area contributed by atoms with Crippen molar-refractivity contribution in [3.05, 3.63) is 28.7 Å². The Kier molecular flexibility index (Phi) is 4.64. The van der Waals surface area contributed by atoms with Crippen molar-refractivity contribution in [1.29, 1.82) is 0 Å². The van der Waals surface area contributed by atoms with Crippen molar-refractivity contribution in [2.45, 2.75) is 25.3 Å². The van der Waals surface area contributed by atoms with Gasteiger partial charge in [-0.15, -0.1) is 0 Å². The Bertz CT molecular complexity index is 499. The number of halogens is 1. The fraction of sp³-hybridized carbons (Fsp3) is 0.500. The Hall–Kier alpha value is -0.590. The molecule has 0 bridgehead atoms. The van der Waals surface area contributed by atoms with Crippen molar-refractivity contribution in [2.24, 2.45) is 0 Å². The molecule has 100 valence electrons. The van der Waals surface area contributed by atoms with Crippen LogP contribution in [0.25, 0.3) is 0 Å². The summed E-state index contributed by atoms with van der Waals surface area (Å²) in [5.41, 5.74) is 0.591. The molecule has 0 saturated carbocycles. The van der Waals surface area contributed by atoms with E-state index in [-0.39, 0.29) is 11.8 Å². The van der Waals surface area contributed by atoms with E-state index in [1.165, 1.54) is 0 Å². The molecule has 1 aliphatic rings. The Labute approximate surface area is 116 Å². The molecule has 1 aromatic rings. The number of nitrogens with one attached hydrogen (secondary N) is 2. The zero-order chi connectivity index (χ0) is 13.0. The highest BCUT2D eigenvalue weighted by Gasteiger charge is 2.21. The van der Waals surface area contributed by atoms with E-state index in [4.69, 9.17) is 0 Å². The number of hydrogen-bond acceptors (Lipinski definition) is 3. The topological polar surface area (TPSA) is 58.2 Å². The zero-order valence-electron chi connectivity index (χ0n) is 10.0. The lowest BCUT2D eigenvalue weighted by molar-refractivity contribution is 0.424. The van der Waals surface area contributed by atoms with Gasteiger partial charge in [-0.25, -0.2) is 8.42 Å². The predicted molar refractivity (Wildman–Crippen MR) is 77.2 cm³/mol. The van der Waals surface area contributed by atoms with Gasteiger partial charge in [-0.1, -0.05) is 18.6 Å². The highest BCUT2D eigenvalue weighted by Crippen LogP contribution is 2.22. The van der Waals surface area contributed by atoms with E-state index in [2.05, 4.69) is 26.0 Å². The first kappa shape index (κ1) is 13.8. The maximum absolute atomic E-state index is 12.0. The van der Waals surface area contributed by atoms with E-state index >= 15 is 0 Å². The van der Waals surface area contributed by atoms with Crippen LogP contribution in [0.3, 0.4) is 0 Å². The molecule has 2 rings (SSSR count). The van der Waals surface area contributed by atoms with E-state index < -0.39 is 10.0 Å². The second-order valence-corrected chi connectivity index (χ2v) is 7.13. The van der Waals surface area contributed by atoms with Gasteiger partial charge >= 0.3 is 0 Å². The highest BCUT2D eigenvalue weighted by molar-refractivity contribution is 9.10. The monoisotopic (exact) mass is 332 g/mol. The van der Waals surface area contributed by atoms with Crippen LogP contribution in [0.4, 0.5) is 5.69 Å². The standard InChI is InChI=1S/C12H17BrN2O2S/c13-11-6-1-2-7-12(11)15-18(16,17)9-10-5-3-4-8-14-10/h1-2,6-7,10,14-15H,3-5,8-9H2. The molecule has 1 unspecified atom stereocenters. The summed E-state index contributed by atoms with van der Waals surface area (Å²) in [6, 6.07) is 7.29. The molecule has 1 saturated heterocycles. The number of para-hydroxylation sites is 1. The Morgan fingerprint density at radius 1 is 1.33 bits per heavy atom. The minimum atomic E-state index is -3.30. The molecule has 0 radical (unpaired) electrons. The lowest BCUT2D eigenvalue weighted by atomic mass is 10.1. The zero-order valence-corrected chi connectivity index (χ0v) is 12.4. The number of sulfonamides is 1. The summed E-state index contributed by atoms with van der Waals surface area (Å²) in [5.74, 6) is 0.133. The summed E-state index contributed by atoms with van der Waals surface area (Å²) in [7, 11) is -3.30. The van der Waals surface area contributed by atoms with Crippen LogP contribution in [-0.4, -0.2) is 26.8 Å². The van der Waals surface area contributed by atoms with Crippen molar-refractivity contribution < 1.29 is 8.42 Å². The largest absolute Gasteiger partial charge is 0.313 e. The van der Waals surface area contributed by atoms with Gasteiger partial charge in [-0.3, -0.25) is 4.72 Å². The van der Waals surface area contributed by atoms with E-state index in [9.17, 15) is 8.42 Å². The van der Waals surface area contributed by atoms with Crippen molar-refractivity contribution in [3.8, 4) is 0 Å². The Morgan fingerprint density at radius 3 is 2.78 bits per heavy atom. The van der Waals surface area contributed by atoms with Crippen LogP contribution in [0.1, 0.15) is 19.3 Å². The first-order valence-electron chi connectivity index (χ1n) is 6.05. The van der Waals surface area contributed by atoms with Gasteiger partial charge in [0.25, 0.3) is 0 Å². The molecular formula is C12H17BrN2O2S. The molecule has 0 aliphatic carbocycles. The molecule has 1 aromatic carbocycles. The van der Waals surface area contributed by atoms with Crippen LogP contribution in [0.15, 0.2) is 28.7 Å². The van der Waals surface area contributed by atoms with Gasteiger partial charge in [0.05, 0.1) is 11.4 Å². The number of anilines is 1. The lowest BCUT2D eigenvalue weighted by Crippen LogP contribution is -2.40. The van der Waals surface area contributed by atoms with Crippen LogP contribution in [0.2, 0.25) is 0 Å². The molecule has 6 heteroatoms. The van der Waals surface area contributed by atoms with Crippen LogP contribution < -0.4 is 10.0 Å². The summed E-state index contributed by atoms with van der Waals surface area (Å²) in [6.45, 7) is 0.912. The molecule has 0 amide bonds. The molecule has 0 aromatic heterocycles. The van der Waals surface area contributed by atoms with Gasteiger partial charge in [0.15, 0.2) is 0 Å². The second-order valence-electron chi connectivity index (χ2n) is 4.51.